The molecule has 0 bridgehead atoms. The quantitative estimate of drug-likeness (QED) is 0.686. The molecule has 1 aliphatic rings. The molecule has 0 heterocycles. The van der Waals surface area contributed by atoms with Crippen molar-refractivity contribution in [1.29, 1.82) is 0 Å². The van der Waals surface area contributed by atoms with Crippen LogP contribution in [-0.4, -0.2) is 5.78 Å². The van der Waals surface area contributed by atoms with Gasteiger partial charge in [0.2, 0.25) is 0 Å². The number of fused-ring (bicyclic) bond motifs is 1. The molecule has 3 heteroatoms. The van der Waals surface area contributed by atoms with Gasteiger partial charge >= 0.3 is 0 Å². The Hall–Kier alpha value is -0.340. The predicted octanol–water partition coefficient (Wildman–Crippen LogP) is 3.23. The third-order valence-electron chi connectivity index (χ3n) is 2.08. The van der Waals surface area contributed by atoms with Crippen LogP contribution in [-0.2, 0) is 6.42 Å². The van der Waals surface area contributed by atoms with Crippen molar-refractivity contribution in [3.8, 4) is 0 Å². The lowest BCUT2D eigenvalue weighted by atomic mass is 10.1. The van der Waals surface area contributed by atoms with Crippen LogP contribution in [0.2, 0.25) is 5.02 Å². The Morgan fingerprint density at radius 3 is 2.83 bits per heavy atom. The molecule has 0 saturated carbocycles. The van der Waals surface area contributed by atoms with E-state index in [0.29, 0.717) is 11.4 Å². The molecular weight excluding hydrogens is 239 g/mol. The van der Waals surface area contributed by atoms with Gasteiger partial charge in [-0.15, -0.1) is 0 Å². The minimum Gasteiger partial charge on any atom is -0.294 e. The number of hydrogen-bond acceptors (Lipinski definition) is 1. The third kappa shape index (κ3) is 1.10. The highest BCUT2D eigenvalue weighted by Gasteiger charge is 2.22. The van der Waals surface area contributed by atoms with Crippen molar-refractivity contribution in [2.24, 2.45) is 0 Å². The van der Waals surface area contributed by atoms with Gasteiger partial charge in [0, 0.05) is 16.5 Å². The average molecular weight is 246 g/mol. The second-order valence-corrected chi connectivity index (χ2v) is 4.02. The lowest BCUT2D eigenvalue weighted by Gasteiger charge is -2.01. The minimum absolute atomic E-state index is 0.194. The van der Waals surface area contributed by atoms with Gasteiger partial charge in [-0.05, 0) is 34.0 Å². The maximum atomic E-state index is 11.3. The van der Waals surface area contributed by atoms with Gasteiger partial charge < -0.3 is 0 Å². The maximum Gasteiger partial charge on any atom is 0.164 e. The Morgan fingerprint density at radius 2 is 2.08 bits per heavy atom. The average Bonchev–Trinajstić information content (AvgIpc) is 2.41. The van der Waals surface area contributed by atoms with E-state index in [4.69, 9.17) is 11.6 Å². The molecule has 0 N–H and O–H groups in total. The van der Waals surface area contributed by atoms with E-state index in [1.807, 2.05) is 12.1 Å². The van der Waals surface area contributed by atoms with Crippen molar-refractivity contribution in [3.63, 3.8) is 0 Å². The fourth-order valence-corrected chi connectivity index (χ4v) is 2.24. The topological polar surface area (TPSA) is 17.1 Å². The molecule has 0 aliphatic heterocycles. The van der Waals surface area contributed by atoms with Crippen LogP contribution in [0.5, 0.6) is 0 Å². The Kier molecular flexibility index (Phi) is 1.97. The summed E-state index contributed by atoms with van der Waals surface area (Å²) in [6.07, 6.45) is 1.47. The predicted molar refractivity (Wildman–Crippen MR) is 51.8 cm³/mol. The lowest BCUT2D eigenvalue weighted by molar-refractivity contribution is 0.0994. The molecule has 1 aliphatic carbocycles. The fourth-order valence-electron chi connectivity index (χ4n) is 1.47. The maximum absolute atomic E-state index is 11.3. The van der Waals surface area contributed by atoms with E-state index in [1.165, 1.54) is 0 Å². The molecule has 0 saturated heterocycles. The summed E-state index contributed by atoms with van der Waals surface area (Å²) in [7, 11) is 0. The molecule has 12 heavy (non-hydrogen) atoms. The summed E-state index contributed by atoms with van der Waals surface area (Å²) in [5.41, 5.74) is 1.89. The molecule has 0 radical (unpaired) electrons. The Morgan fingerprint density at radius 1 is 1.33 bits per heavy atom. The first kappa shape index (κ1) is 8.27. The van der Waals surface area contributed by atoms with Crippen LogP contribution >= 0.6 is 27.5 Å². The molecule has 1 nitrogen and oxygen atoms in total. The monoisotopic (exact) mass is 244 g/mol. The largest absolute Gasteiger partial charge is 0.294 e. The van der Waals surface area contributed by atoms with Crippen LogP contribution in [0.15, 0.2) is 16.6 Å². The molecule has 0 spiro atoms. The molecule has 2 rings (SSSR count). The zero-order chi connectivity index (χ0) is 8.72. The SMILES string of the molecule is O=C1CCc2ccc(Cl)c(Br)c21. The second-order valence-electron chi connectivity index (χ2n) is 2.82. The molecule has 1 aromatic carbocycles. The first-order valence-corrected chi connectivity index (χ1v) is 4.87. The molecule has 0 fully saturated rings. The summed E-state index contributed by atoms with van der Waals surface area (Å²) < 4.78 is 0.754. The number of rotatable bonds is 0. The molecule has 62 valence electrons. The van der Waals surface area contributed by atoms with Gasteiger partial charge in [-0.2, -0.15) is 0 Å². The van der Waals surface area contributed by atoms with Crippen molar-refractivity contribution in [1.82, 2.24) is 0 Å². The number of halogens is 2. The zero-order valence-electron chi connectivity index (χ0n) is 6.23. The minimum atomic E-state index is 0.194. The summed E-state index contributed by atoms with van der Waals surface area (Å²) in [5.74, 6) is 0.194. The van der Waals surface area contributed by atoms with E-state index in [9.17, 15) is 4.79 Å². The van der Waals surface area contributed by atoms with E-state index in [-0.39, 0.29) is 5.78 Å². The summed E-state index contributed by atoms with van der Waals surface area (Å²) >= 11 is 9.18. The Bertz CT molecular complexity index is 360. The molecule has 0 unspecified atom stereocenters. The molecule has 0 atom stereocenters. The van der Waals surface area contributed by atoms with E-state index in [2.05, 4.69) is 15.9 Å². The van der Waals surface area contributed by atoms with Gasteiger partial charge in [0.25, 0.3) is 0 Å². The number of benzene rings is 1. The normalized spacial score (nSPS) is 15.0. The Balaban J connectivity index is 2.71. The summed E-state index contributed by atoms with van der Waals surface area (Å²) in [6.45, 7) is 0. The molecular formula is C9H6BrClO. The van der Waals surface area contributed by atoms with Crippen molar-refractivity contribution in [2.45, 2.75) is 12.8 Å². The van der Waals surface area contributed by atoms with Gasteiger partial charge in [0.05, 0.1) is 5.02 Å². The second kappa shape index (κ2) is 2.86. The number of carbonyl (C=O) groups excluding carboxylic acids is 1. The number of aryl methyl sites for hydroxylation is 1. The Labute approximate surface area is 83.9 Å². The number of carbonyl (C=O) groups is 1. The standard InChI is InChI=1S/C9H6BrClO/c10-9-6(11)3-1-5-2-4-7(12)8(5)9/h1,3H,2,4H2. The van der Waals surface area contributed by atoms with Crippen LogP contribution in [0, 0.1) is 0 Å². The highest BCUT2D eigenvalue weighted by Crippen LogP contribution is 2.34. The van der Waals surface area contributed by atoms with E-state index in [1.54, 1.807) is 0 Å². The smallest absolute Gasteiger partial charge is 0.164 e. The summed E-state index contributed by atoms with van der Waals surface area (Å²) in [6, 6.07) is 3.75. The first-order chi connectivity index (χ1) is 5.70. The first-order valence-electron chi connectivity index (χ1n) is 3.70. The summed E-state index contributed by atoms with van der Waals surface area (Å²) in [5, 5.41) is 0.615. The van der Waals surface area contributed by atoms with Gasteiger partial charge in [0.1, 0.15) is 0 Å². The van der Waals surface area contributed by atoms with Crippen LogP contribution in [0.25, 0.3) is 0 Å². The van der Waals surface area contributed by atoms with E-state index in [0.717, 1.165) is 22.0 Å². The molecule has 0 amide bonds. The number of hydrogen-bond donors (Lipinski definition) is 0. The third-order valence-corrected chi connectivity index (χ3v) is 3.45. The van der Waals surface area contributed by atoms with Crippen LogP contribution in [0.1, 0.15) is 22.3 Å². The van der Waals surface area contributed by atoms with Crippen molar-refractivity contribution in [2.75, 3.05) is 0 Å². The highest BCUT2D eigenvalue weighted by atomic mass is 79.9. The summed E-state index contributed by atoms with van der Waals surface area (Å²) in [4.78, 5) is 11.3. The van der Waals surface area contributed by atoms with Crippen molar-refractivity contribution in [3.05, 3.63) is 32.8 Å². The highest BCUT2D eigenvalue weighted by molar-refractivity contribution is 9.10. The van der Waals surface area contributed by atoms with E-state index >= 15 is 0 Å². The van der Waals surface area contributed by atoms with E-state index < -0.39 is 0 Å². The van der Waals surface area contributed by atoms with Gasteiger partial charge in [-0.25, -0.2) is 0 Å². The van der Waals surface area contributed by atoms with Crippen molar-refractivity contribution >= 4 is 33.3 Å². The van der Waals surface area contributed by atoms with Crippen LogP contribution < -0.4 is 0 Å². The fraction of sp³-hybridized carbons (Fsp3) is 0.222. The van der Waals surface area contributed by atoms with Gasteiger partial charge in [-0.1, -0.05) is 17.7 Å². The van der Waals surface area contributed by atoms with Crippen LogP contribution in [0.4, 0.5) is 0 Å². The van der Waals surface area contributed by atoms with Gasteiger partial charge in [0.15, 0.2) is 5.78 Å². The van der Waals surface area contributed by atoms with Gasteiger partial charge in [-0.3, -0.25) is 4.79 Å². The number of ketones is 1. The molecule has 1 aromatic rings. The lowest BCUT2D eigenvalue weighted by Crippen LogP contribution is -1.92. The van der Waals surface area contributed by atoms with Crippen molar-refractivity contribution < 1.29 is 4.79 Å². The number of Topliss-reactive ketones (excluding diaryl/α,β-unsaturated/α-hetero) is 1. The van der Waals surface area contributed by atoms with Crippen LogP contribution in [0.3, 0.4) is 0 Å². The molecule has 0 aromatic heterocycles. The zero-order valence-corrected chi connectivity index (χ0v) is 8.58.